The molecule has 0 amide bonds. The highest BCUT2D eigenvalue weighted by molar-refractivity contribution is 4.93. The van der Waals surface area contributed by atoms with Crippen LogP contribution in [-0.2, 0) is 0 Å². The first-order valence-corrected chi connectivity index (χ1v) is 8.93. The van der Waals surface area contributed by atoms with Gasteiger partial charge in [-0.05, 0) is 12.8 Å². The van der Waals surface area contributed by atoms with Gasteiger partial charge in [0.15, 0.2) is 0 Å². The summed E-state index contributed by atoms with van der Waals surface area (Å²) in [5, 5.41) is 18.3. The summed E-state index contributed by atoms with van der Waals surface area (Å²) in [5.41, 5.74) is 5.51. The number of nitrogens with two attached hydrogens (primary N) is 1. The molecular weight excluding hydrogens is 262 g/mol. The average molecular weight is 299 g/mol. The second-order valence-electron chi connectivity index (χ2n) is 6.09. The van der Waals surface area contributed by atoms with Crippen molar-refractivity contribution >= 4 is 0 Å². The Morgan fingerprint density at radius 2 is 1.33 bits per heavy atom. The van der Waals surface area contributed by atoms with E-state index in [1.807, 2.05) is 6.08 Å². The Bertz CT molecular complexity index is 231. The van der Waals surface area contributed by atoms with E-state index in [2.05, 4.69) is 6.92 Å². The van der Waals surface area contributed by atoms with Crippen LogP contribution in [0.25, 0.3) is 0 Å². The van der Waals surface area contributed by atoms with Gasteiger partial charge in [-0.25, -0.2) is 0 Å². The van der Waals surface area contributed by atoms with Crippen molar-refractivity contribution in [2.24, 2.45) is 5.73 Å². The molecule has 0 saturated carbocycles. The lowest BCUT2D eigenvalue weighted by atomic mass is 10.0. The van der Waals surface area contributed by atoms with Gasteiger partial charge in [0, 0.05) is 0 Å². The van der Waals surface area contributed by atoms with Gasteiger partial charge < -0.3 is 15.9 Å². The van der Waals surface area contributed by atoms with Gasteiger partial charge in [0.2, 0.25) is 0 Å². The summed E-state index contributed by atoms with van der Waals surface area (Å²) in [7, 11) is 0. The zero-order valence-electron chi connectivity index (χ0n) is 14.0. The fourth-order valence-electron chi connectivity index (χ4n) is 2.41. The molecule has 0 aromatic rings. The van der Waals surface area contributed by atoms with E-state index >= 15 is 0 Å². The molecule has 21 heavy (non-hydrogen) atoms. The minimum absolute atomic E-state index is 0.177. The van der Waals surface area contributed by atoms with Crippen molar-refractivity contribution in [2.45, 2.75) is 96.1 Å². The molecular formula is C18H37NO2. The fourth-order valence-corrected chi connectivity index (χ4v) is 2.41. The average Bonchev–Trinajstić information content (AvgIpc) is 2.50. The van der Waals surface area contributed by atoms with Crippen LogP contribution in [0.5, 0.6) is 0 Å². The molecule has 0 aliphatic rings. The molecule has 0 aliphatic carbocycles. The maximum atomic E-state index is 9.52. The second kappa shape index (κ2) is 16.0. The molecule has 0 bridgehead atoms. The lowest BCUT2D eigenvalue weighted by molar-refractivity contribution is 0.144. The summed E-state index contributed by atoms with van der Waals surface area (Å²) >= 11 is 0. The van der Waals surface area contributed by atoms with Crippen molar-refractivity contribution in [3.05, 3.63) is 12.2 Å². The minimum atomic E-state index is -0.720. The Morgan fingerprint density at radius 1 is 0.857 bits per heavy atom. The Kier molecular flexibility index (Phi) is 15.7. The summed E-state index contributed by atoms with van der Waals surface area (Å²) in [6.45, 7) is 2.08. The molecule has 0 aliphatic heterocycles. The summed E-state index contributed by atoms with van der Waals surface area (Å²) in [4.78, 5) is 0. The van der Waals surface area contributed by atoms with Crippen LogP contribution in [0.1, 0.15) is 84.0 Å². The Morgan fingerprint density at radius 3 is 1.81 bits per heavy atom. The number of rotatable bonds is 15. The molecule has 3 nitrogen and oxygen atoms in total. The van der Waals surface area contributed by atoms with Crippen LogP contribution in [0, 0.1) is 0 Å². The van der Waals surface area contributed by atoms with Crippen LogP contribution >= 0.6 is 0 Å². The maximum Gasteiger partial charge on any atom is 0.0894 e. The van der Waals surface area contributed by atoms with Gasteiger partial charge in [-0.1, -0.05) is 83.3 Å². The standard InChI is InChI=1S/C18H37NO2/c1-2-3-4-5-6-7-8-9-10-11-12-13-14-15-18(21)17(19)16-20/h14-15,17-18,20-21H,2-13,16,19H2,1H3/t17?,18-/m0/s1. The molecule has 0 rings (SSSR count). The summed E-state index contributed by atoms with van der Waals surface area (Å²) in [6, 6.07) is -0.557. The van der Waals surface area contributed by atoms with E-state index in [1.54, 1.807) is 6.08 Å². The number of hydrogen-bond donors (Lipinski definition) is 3. The third kappa shape index (κ3) is 14.3. The third-order valence-electron chi connectivity index (χ3n) is 3.96. The van der Waals surface area contributed by atoms with Gasteiger partial charge in [0.25, 0.3) is 0 Å². The first-order chi connectivity index (χ1) is 10.2. The zero-order chi connectivity index (χ0) is 15.8. The quantitative estimate of drug-likeness (QED) is 0.317. The highest BCUT2D eigenvalue weighted by Gasteiger charge is 2.08. The van der Waals surface area contributed by atoms with E-state index < -0.39 is 12.1 Å². The van der Waals surface area contributed by atoms with Crippen LogP contribution in [0.15, 0.2) is 12.2 Å². The number of unbranched alkanes of at least 4 members (excludes halogenated alkanes) is 11. The molecule has 0 fully saturated rings. The normalized spacial score (nSPS) is 14.7. The van der Waals surface area contributed by atoms with Crippen molar-refractivity contribution < 1.29 is 10.2 Å². The van der Waals surface area contributed by atoms with E-state index in [9.17, 15) is 5.11 Å². The number of aliphatic hydroxyl groups excluding tert-OH is 2. The van der Waals surface area contributed by atoms with Gasteiger partial charge in [0.1, 0.15) is 0 Å². The lowest BCUT2D eigenvalue weighted by Gasteiger charge is -2.11. The minimum Gasteiger partial charge on any atom is -0.395 e. The van der Waals surface area contributed by atoms with Gasteiger partial charge >= 0.3 is 0 Å². The van der Waals surface area contributed by atoms with E-state index in [1.165, 1.54) is 70.6 Å². The van der Waals surface area contributed by atoms with E-state index in [-0.39, 0.29) is 6.61 Å². The van der Waals surface area contributed by atoms with Gasteiger partial charge in [-0.15, -0.1) is 0 Å². The summed E-state index contributed by atoms with van der Waals surface area (Å²) < 4.78 is 0. The van der Waals surface area contributed by atoms with Gasteiger partial charge in [-0.2, -0.15) is 0 Å². The van der Waals surface area contributed by atoms with Crippen LogP contribution < -0.4 is 5.73 Å². The van der Waals surface area contributed by atoms with Crippen LogP contribution in [0.3, 0.4) is 0 Å². The molecule has 1 unspecified atom stereocenters. The van der Waals surface area contributed by atoms with E-state index in [0.29, 0.717) is 0 Å². The Balaban J connectivity index is 3.20. The lowest BCUT2D eigenvalue weighted by Crippen LogP contribution is -2.36. The van der Waals surface area contributed by atoms with Crippen molar-refractivity contribution in [3.8, 4) is 0 Å². The largest absolute Gasteiger partial charge is 0.395 e. The molecule has 0 saturated heterocycles. The molecule has 0 aromatic carbocycles. The number of aliphatic hydroxyl groups is 2. The maximum absolute atomic E-state index is 9.52. The summed E-state index contributed by atoms with van der Waals surface area (Å²) in [5.74, 6) is 0. The van der Waals surface area contributed by atoms with Crippen LogP contribution in [0.2, 0.25) is 0 Å². The SMILES string of the molecule is CCCCCCCCCCCCCC=C[C@H](O)C(N)CO. The Hall–Kier alpha value is -0.380. The fraction of sp³-hybridized carbons (Fsp3) is 0.889. The second-order valence-corrected chi connectivity index (χ2v) is 6.09. The van der Waals surface area contributed by atoms with Crippen LogP contribution in [0.4, 0.5) is 0 Å². The monoisotopic (exact) mass is 299 g/mol. The smallest absolute Gasteiger partial charge is 0.0894 e. The molecule has 3 heteroatoms. The predicted octanol–water partition coefficient (Wildman–Crippen LogP) is 3.92. The van der Waals surface area contributed by atoms with E-state index in [4.69, 9.17) is 10.8 Å². The van der Waals surface area contributed by atoms with Crippen LogP contribution in [-0.4, -0.2) is 29.0 Å². The third-order valence-corrected chi connectivity index (χ3v) is 3.96. The first kappa shape index (κ1) is 20.6. The zero-order valence-corrected chi connectivity index (χ0v) is 14.0. The molecule has 0 heterocycles. The van der Waals surface area contributed by atoms with Gasteiger partial charge in [-0.3, -0.25) is 0 Å². The predicted molar refractivity (Wildman–Crippen MR) is 91.3 cm³/mol. The van der Waals surface area contributed by atoms with Crippen molar-refractivity contribution in [2.75, 3.05) is 6.61 Å². The molecule has 0 aromatic heterocycles. The molecule has 126 valence electrons. The topological polar surface area (TPSA) is 66.5 Å². The number of allylic oxidation sites excluding steroid dienone is 1. The molecule has 0 radical (unpaired) electrons. The summed E-state index contributed by atoms with van der Waals surface area (Å²) in [6.07, 6.45) is 18.8. The highest BCUT2D eigenvalue weighted by Crippen LogP contribution is 2.12. The molecule has 4 N–H and O–H groups in total. The molecule has 0 spiro atoms. The van der Waals surface area contributed by atoms with Crippen molar-refractivity contribution in [3.63, 3.8) is 0 Å². The van der Waals surface area contributed by atoms with Crippen molar-refractivity contribution in [1.82, 2.24) is 0 Å². The number of hydrogen-bond acceptors (Lipinski definition) is 3. The molecule has 2 atom stereocenters. The van der Waals surface area contributed by atoms with E-state index in [0.717, 1.165) is 6.42 Å². The first-order valence-electron chi connectivity index (χ1n) is 8.93. The van der Waals surface area contributed by atoms with Crippen molar-refractivity contribution in [1.29, 1.82) is 0 Å². The Labute approximate surface area is 131 Å². The van der Waals surface area contributed by atoms with Gasteiger partial charge in [0.05, 0.1) is 18.8 Å². The highest BCUT2D eigenvalue weighted by atomic mass is 16.3.